The average Bonchev–Trinajstić information content (AvgIpc) is 2.37. The second-order valence-corrected chi connectivity index (χ2v) is 2.77. The van der Waals surface area contributed by atoms with Gasteiger partial charge in [0.2, 0.25) is 0 Å². The quantitative estimate of drug-likeness (QED) is 0.647. The van der Waals surface area contributed by atoms with E-state index in [0.717, 1.165) is 17.8 Å². The van der Waals surface area contributed by atoms with E-state index < -0.39 is 0 Å². The monoisotopic (exact) mass is 153 g/mol. The highest BCUT2D eigenvalue weighted by Crippen LogP contribution is 2.10. The molecule has 0 aliphatic carbocycles. The van der Waals surface area contributed by atoms with Crippen LogP contribution in [-0.4, -0.2) is 10.2 Å². The molecule has 0 aliphatic heterocycles. The molecule has 0 fully saturated rings. The zero-order valence-electron chi connectivity index (χ0n) is 6.93. The van der Waals surface area contributed by atoms with E-state index in [1.807, 2.05) is 6.20 Å². The number of hydrogen-bond donors (Lipinski definition) is 2. The van der Waals surface area contributed by atoms with Crippen molar-refractivity contribution in [3.8, 4) is 0 Å². The summed E-state index contributed by atoms with van der Waals surface area (Å²) in [7, 11) is 0. The summed E-state index contributed by atoms with van der Waals surface area (Å²) in [6.45, 7) is 2.19. The number of anilines is 1. The largest absolute Gasteiger partial charge is 0.384 e. The smallest absolute Gasteiger partial charge is 0.121 e. The third-order valence-electron chi connectivity index (χ3n) is 1.80. The molecule has 0 spiro atoms. The Morgan fingerprint density at radius 3 is 2.91 bits per heavy atom. The van der Waals surface area contributed by atoms with Crippen LogP contribution < -0.4 is 5.73 Å². The van der Waals surface area contributed by atoms with Crippen LogP contribution >= 0.6 is 0 Å². The number of aromatic amines is 1. The fourth-order valence-electron chi connectivity index (χ4n) is 1.09. The highest BCUT2D eigenvalue weighted by molar-refractivity contribution is 5.36. The number of nitrogens with zero attached hydrogens (tertiary/aromatic N) is 1. The molecule has 0 unspecified atom stereocenters. The lowest BCUT2D eigenvalue weighted by Gasteiger charge is -1.96. The minimum Gasteiger partial charge on any atom is -0.384 e. The Morgan fingerprint density at radius 1 is 1.55 bits per heavy atom. The van der Waals surface area contributed by atoms with Gasteiger partial charge in [-0.1, -0.05) is 19.8 Å². The molecule has 1 heterocycles. The average molecular weight is 153 g/mol. The number of rotatable bonds is 4. The maximum Gasteiger partial charge on any atom is 0.121 e. The third-order valence-corrected chi connectivity index (χ3v) is 1.80. The summed E-state index contributed by atoms with van der Waals surface area (Å²) >= 11 is 0. The molecule has 62 valence electrons. The molecule has 0 bridgehead atoms. The van der Waals surface area contributed by atoms with Crippen LogP contribution in [0.2, 0.25) is 0 Å². The third kappa shape index (κ3) is 2.26. The van der Waals surface area contributed by atoms with E-state index >= 15 is 0 Å². The number of unbranched alkanes of at least 4 members (excludes halogenated alkanes) is 2. The van der Waals surface area contributed by atoms with Gasteiger partial charge >= 0.3 is 0 Å². The Hall–Kier alpha value is -0.990. The number of aryl methyl sites for hydroxylation is 1. The van der Waals surface area contributed by atoms with Crippen LogP contribution in [-0.2, 0) is 6.42 Å². The van der Waals surface area contributed by atoms with Crippen LogP contribution in [0.1, 0.15) is 31.7 Å². The predicted molar refractivity (Wildman–Crippen MR) is 46.2 cm³/mol. The zero-order valence-corrected chi connectivity index (χ0v) is 6.93. The topological polar surface area (TPSA) is 54.7 Å². The van der Waals surface area contributed by atoms with Gasteiger partial charge in [-0.3, -0.25) is 5.10 Å². The van der Waals surface area contributed by atoms with Crippen molar-refractivity contribution in [1.29, 1.82) is 0 Å². The molecule has 0 saturated heterocycles. The van der Waals surface area contributed by atoms with Crippen LogP contribution in [0.5, 0.6) is 0 Å². The van der Waals surface area contributed by atoms with E-state index in [2.05, 4.69) is 17.1 Å². The molecule has 0 amide bonds. The van der Waals surface area contributed by atoms with Gasteiger partial charge in [-0.2, -0.15) is 5.10 Å². The molecule has 0 aliphatic rings. The van der Waals surface area contributed by atoms with Gasteiger partial charge in [-0.05, 0) is 12.8 Å². The molecule has 0 radical (unpaired) electrons. The van der Waals surface area contributed by atoms with E-state index in [0.29, 0.717) is 0 Å². The van der Waals surface area contributed by atoms with E-state index in [1.165, 1.54) is 19.3 Å². The Bertz CT molecular complexity index is 205. The maximum absolute atomic E-state index is 5.60. The molecule has 3 N–H and O–H groups in total. The van der Waals surface area contributed by atoms with Gasteiger partial charge < -0.3 is 5.73 Å². The summed E-state index contributed by atoms with van der Waals surface area (Å²) in [5.41, 5.74) is 6.76. The van der Waals surface area contributed by atoms with Crippen LogP contribution in [0.15, 0.2) is 6.20 Å². The lowest BCUT2D eigenvalue weighted by atomic mass is 10.1. The van der Waals surface area contributed by atoms with E-state index in [4.69, 9.17) is 5.73 Å². The highest BCUT2D eigenvalue weighted by Gasteiger charge is 1.98. The van der Waals surface area contributed by atoms with Gasteiger partial charge in [0, 0.05) is 5.56 Å². The molecule has 0 aromatic carbocycles. The molecule has 0 atom stereocenters. The molecule has 11 heavy (non-hydrogen) atoms. The summed E-state index contributed by atoms with van der Waals surface area (Å²) in [6, 6.07) is 0. The Balaban J connectivity index is 2.32. The summed E-state index contributed by atoms with van der Waals surface area (Å²) in [5.74, 6) is 0.723. The Kier molecular flexibility index (Phi) is 2.95. The van der Waals surface area contributed by atoms with Gasteiger partial charge in [0.1, 0.15) is 5.82 Å². The number of H-pyrrole nitrogens is 1. The first kappa shape index (κ1) is 8.11. The van der Waals surface area contributed by atoms with Gasteiger partial charge in [0.15, 0.2) is 0 Å². The lowest BCUT2D eigenvalue weighted by Crippen LogP contribution is -1.91. The van der Waals surface area contributed by atoms with E-state index in [9.17, 15) is 0 Å². The summed E-state index contributed by atoms with van der Waals surface area (Å²) < 4.78 is 0. The second-order valence-electron chi connectivity index (χ2n) is 2.77. The molecular formula is C8H15N3. The Morgan fingerprint density at radius 2 is 2.36 bits per heavy atom. The minimum atomic E-state index is 0.723. The first-order valence-corrected chi connectivity index (χ1v) is 4.12. The number of nitrogens with one attached hydrogen (secondary N) is 1. The van der Waals surface area contributed by atoms with Crippen molar-refractivity contribution < 1.29 is 0 Å². The van der Waals surface area contributed by atoms with Crippen molar-refractivity contribution in [1.82, 2.24) is 10.2 Å². The molecular weight excluding hydrogens is 138 g/mol. The van der Waals surface area contributed by atoms with Crippen molar-refractivity contribution in [3.63, 3.8) is 0 Å². The van der Waals surface area contributed by atoms with E-state index in [-0.39, 0.29) is 0 Å². The van der Waals surface area contributed by atoms with Crippen LogP contribution in [0.3, 0.4) is 0 Å². The standard InChI is InChI=1S/C8H15N3/c1-2-3-4-5-7-6-10-11-8(7)9/h6H,2-5H2,1H3,(H3,9,10,11). The molecule has 3 heteroatoms. The number of hydrogen-bond acceptors (Lipinski definition) is 2. The van der Waals surface area contributed by atoms with Gasteiger partial charge in [0.05, 0.1) is 6.20 Å². The number of nitrogens with two attached hydrogens (primary N) is 1. The van der Waals surface area contributed by atoms with Crippen molar-refractivity contribution in [3.05, 3.63) is 11.8 Å². The van der Waals surface area contributed by atoms with Crippen LogP contribution in [0, 0.1) is 0 Å². The second kappa shape index (κ2) is 4.01. The molecule has 3 nitrogen and oxygen atoms in total. The first-order chi connectivity index (χ1) is 5.34. The molecule has 1 rings (SSSR count). The summed E-state index contributed by atoms with van der Waals surface area (Å²) in [6.07, 6.45) is 6.59. The molecule has 1 aromatic rings. The SMILES string of the molecule is CCCCCc1cn[nH]c1N. The van der Waals surface area contributed by atoms with Gasteiger partial charge in [0.25, 0.3) is 0 Å². The normalized spacial score (nSPS) is 10.3. The van der Waals surface area contributed by atoms with Crippen LogP contribution in [0.25, 0.3) is 0 Å². The van der Waals surface area contributed by atoms with Gasteiger partial charge in [-0.15, -0.1) is 0 Å². The highest BCUT2D eigenvalue weighted by atomic mass is 15.1. The van der Waals surface area contributed by atoms with Crippen LogP contribution in [0.4, 0.5) is 5.82 Å². The van der Waals surface area contributed by atoms with Crippen molar-refractivity contribution >= 4 is 5.82 Å². The molecule has 0 saturated carbocycles. The van der Waals surface area contributed by atoms with Crippen molar-refractivity contribution in [2.24, 2.45) is 0 Å². The van der Waals surface area contributed by atoms with Crippen molar-refractivity contribution in [2.75, 3.05) is 5.73 Å². The van der Waals surface area contributed by atoms with Gasteiger partial charge in [-0.25, -0.2) is 0 Å². The summed E-state index contributed by atoms with van der Waals surface area (Å²) in [5, 5.41) is 6.57. The predicted octanol–water partition coefficient (Wildman–Crippen LogP) is 1.72. The van der Waals surface area contributed by atoms with Crippen molar-refractivity contribution in [2.45, 2.75) is 32.6 Å². The first-order valence-electron chi connectivity index (χ1n) is 4.12. The lowest BCUT2D eigenvalue weighted by molar-refractivity contribution is 0.718. The minimum absolute atomic E-state index is 0.723. The zero-order chi connectivity index (χ0) is 8.10. The fraction of sp³-hybridized carbons (Fsp3) is 0.625. The Labute approximate surface area is 67.0 Å². The number of aromatic nitrogens is 2. The molecule has 1 aromatic heterocycles. The summed E-state index contributed by atoms with van der Waals surface area (Å²) in [4.78, 5) is 0. The maximum atomic E-state index is 5.60. The number of nitrogen functional groups attached to an aromatic ring is 1. The van der Waals surface area contributed by atoms with E-state index in [1.54, 1.807) is 0 Å². The fourth-order valence-corrected chi connectivity index (χ4v) is 1.09.